The van der Waals surface area contributed by atoms with Gasteiger partial charge in [0.1, 0.15) is 0 Å². The quantitative estimate of drug-likeness (QED) is 0.776. The first kappa shape index (κ1) is 12.3. The van der Waals surface area contributed by atoms with Crippen LogP contribution in [0.1, 0.15) is 15.4 Å². The molecule has 3 aromatic rings. The molecule has 1 N–H and O–H groups in total. The fourth-order valence-corrected chi connectivity index (χ4v) is 2.93. The van der Waals surface area contributed by atoms with Crippen LogP contribution in [0.15, 0.2) is 48.7 Å². The Labute approximate surface area is 117 Å². The molecule has 0 spiro atoms. The number of nitrogens with one attached hydrogen (secondary N) is 1. The van der Waals surface area contributed by atoms with Crippen molar-refractivity contribution in [3.05, 3.63) is 64.1 Å². The van der Waals surface area contributed by atoms with E-state index in [2.05, 4.69) is 52.8 Å². The van der Waals surface area contributed by atoms with Gasteiger partial charge in [-0.25, -0.2) is 4.98 Å². The van der Waals surface area contributed by atoms with Gasteiger partial charge in [-0.15, -0.1) is 11.3 Å². The summed E-state index contributed by atoms with van der Waals surface area (Å²) < 4.78 is 0. The van der Waals surface area contributed by atoms with Crippen molar-refractivity contribution in [2.45, 2.75) is 20.0 Å². The number of nitrogens with zero attached hydrogens (tertiary/aromatic N) is 1. The molecule has 2 nitrogen and oxygen atoms in total. The number of thiazole rings is 1. The van der Waals surface area contributed by atoms with Crippen molar-refractivity contribution in [3.63, 3.8) is 0 Å². The maximum atomic E-state index is 4.26. The molecule has 96 valence electrons. The van der Waals surface area contributed by atoms with Crippen molar-refractivity contribution >= 4 is 22.1 Å². The van der Waals surface area contributed by atoms with Crippen LogP contribution in [-0.2, 0) is 13.1 Å². The van der Waals surface area contributed by atoms with E-state index >= 15 is 0 Å². The van der Waals surface area contributed by atoms with Crippen LogP contribution in [0.5, 0.6) is 0 Å². The Morgan fingerprint density at radius 2 is 1.89 bits per heavy atom. The summed E-state index contributed by atoms with van der Waals surface area (Å²) in [7, 11) is 0. The highest BCUT2D eigenvalue weighted by Crippen LogP contribution is 2.16. The predicted molar refractivity (Wildman–Crippen MR) is 81.3 cm³/mol. The van der Waals surface area contributed by atoms with Gasteiger partial charge in [0.05, 0.1) is 5.01 Å². The standard InChI is InChI=1S/C16H16N2S/c1-12-18-11-16(19-12)10-17-9-13-6-7-14-4-2-3-5-15(14)8-13/h2-8,11,17H,9-10H2,1H3. The molecule has 0 fully saturated rings. The molecule has 0 aliphatic carbocycles. The molecular formula is C16H16N2S. The van der Waals surface area contributed by atoms with Crippen molar-refractivity contribution in [1.82, 2.24) is 10.3 Å². The van der Waals surface area contributed by atoms with Gasteiger partial charge in [0.25, 0.3) is 0 Å². The molecule has 0 atom stereocenters. The first-order valence-electron chi connectivity index (χ1n) is 6.41. The zero-order valence-corrected chi connectivity index (χ0v) is 11.7. The maximum absolute atomic E-state index is 4.26. The SMILES string of the molecule is Cc1ncc(CNCc2ccc3ccccc3c2)s1. The third-order valence-corrected chi connectivity index (χ3v) is 4.02. The lowest BCUT2D eigenvalue weighted by Gasteiger charge is -2.05. The van der Waals surface area contributed by atoms with Crippen LogP contribution >= 0.6 is 11.3 Å². The average molecular weight is 268 g/mol. The zero-order valence-electron chi connectivity index (χ0n) is 10.9. The van der Waals surface area contributed by atoms with Gasteiger partial charge in [0, 0.05) is 24.2 Å². The Hall–Kier alpha value is -1.71. The van der Waals surface area contributed by atoms with E-state index in [9.17, 15) is 0 Å². The number of aromatic nitrogens is 1. The van der Waals surface area contributed by atoms with E-state index in [4.69, 9.17) is 0 Å². The van der Waals surface area contributed by atoms with Crippen LogP contribution in [-0.4, -0.2) is 4.98 Å². The van der Waals surface area contributed by atoms with E-state index in [1.54, 1.807) is 11.3 Å². The van der Waals surface area contributed by atoms with Crippen molar-refractivity contribution in [2.75, 3.05) is 0 Å². The normalized spacial score (nSPS) is 11.0. The second-order valence-electron chi connectivity index (χ2n) is 4.63. The van der Waals surface area contributed by atoms with Crippen molar-refractivity contribution in [2.24, 2.45) is 0 Å². The van der Waals surface area contributed by atoms with E-state index in [0.717, 1.165) is 18.1 Å². The molecular weight excluding hydrogens is 252 g/mol. The third-order valence-electron chi connectivity index (χ3n) is 3.11. The van der Waals surface area contributed by atoms with Gasteiger partial charge in [-0.2, -0.15) is 0 Å². The smallest absolute Gasteiger partial charge is 0.0897 e. The van der Waals surface area contributed by atoms with E-state index in [0.29, 0.717) is 0 Å². The maximum Gasteiger partial charge on any atom is 0.0897 e. The fourth-order valence-electron chi connectivity index (χ4n) is 2.17. The van der Waals surface area contributed by atoms with Gasteiger partial charge in [0.2, 0.25) is 0 Å². The second kappa shape index (κ2) is 5.51. The van der Waals surface area contributed by atoms with Gasteiger partial charge in [0.15, 0.2) is 0 Å². The van der Waals surface area contributed by atoms with Crippen LogP contribution in [0.25, 0.3) is 10.8 Å². The van der Waals surface area contributed by atoms with Gasteiger partial charge in [-0.1, -0.05) is 36.4 Å². The number of benzene rings is 2. The summed E-state index contributed by atoms with van der Waals surface area (Å²) in [5.41, 5.74) is 1.32. The highest BCUT2D eigenvalue weighted by Gasteiger charge is 1.99. The number of hydrogen-bond acceptors (Lipinski definition) is 3. The van der Waals surface area contributed by atoms with Gasteiger partial charge < -0.3 is 5.32 Å². The molecule has 2 aromatic carbocycles. The topological polar surface area (TPSA) is 24.9 Å². The molecule has 3 heteroatoms. The number of fused-ring (bicyclic) bond motifs is 1. The summed E-state index contributed by atoms with van der Waals surface area (Å²) in [4.78, 5) is 5.55. The molecule has 0 saturated heterocycles. The van der Waals surface area contributed by atoms with E-state index in [1.807, 2.05) is 13.1 Å². The third kappa shape index (κ3) is 3.00. The highest BCUT2D eigenvalue weighted by molar-refractivity contribution is 7.11. The molecule has 19 heavy (non-hydrogen) atoms. The Kier molecular flexibility index (Phi) is 3.58. The summed E-state index contributed by atoms with van der Waals surface area (Å²) in [5, 5.41) is 7.19. The van der Waals surface area contributed by atoms with Crippen LogP contribution < -0.4 is 5.32 Å². The van der Waals surface area contributed by atoms with Crippen molar-refractivity contribution < 1.29 is 0 Å². The Morgan fingerprint density at radius 1 is 1.05 bits per heavy atom. The summed E-state index contributed by atoms with van der Waals surface area (Å²) in [6.07, 6.45) is 1.95. The zero-order chi connectivity index (χ0) is 13.1. The lowest BCUT2D eigenvalue weighted by atomic mass is 10.1. The minimum atomic E-state index is 0.887. The number of aryl methyl sites for hydroxylation is 1. The second-order valence-corrected chi connectivity index (χ2v) is 5.95. The highest BCUT2D eigenvalue weighted by atomic mass is 32.1. The Balaban J connectivity index is 1.65. The van der Waals surface area contributed by atoms with E-state index in [1.165, 1.54) is 21.2 Å². The predicted octanol–water partition coefficient (Wildman–Crippen LogP) is 3.89. The van der Waals surface area contributed by atoms with Gasteiger partial charge >= 0.3 is 0 Å². The van der Waals surface area contributed by atoms with Crippen LogP contribution in [0.3, 0.4) is 0 Å². The first-order chi connectivity index (χ1) is 9.31. The van der Waals surface area contributed by atoms with E-state index in [-0.39, 0.29) is 0 Å². The fraction of sp³-hybridized carbons (Fsp3) is 0.188. The van der Waals surface area contributed by atoms with Crippen LogP contribution in [0, 0.1) is 6.92 Å². The number of rotatable bonds is 4. The first-order valence-corrected chi connectivity index (χ1v) is 7.22. The summed E-state index contributed by atoms with van der Waals surface area (Å²) in [6.45, 7) is 3.82. The molecule has 0 aliphatic heterocycles. The molecule has 0 amide bonds. The van der Waals surface area contributed by atoms with E-state index < -0.39 is 0 Å². The Bertz CT molecular complexity index is 688. The van der Waals surface area contributed by atoms with Crippen molar-refractivity contribution in [1.29, 1.82) is 0 Å². The molecule has 1 heterocycles. The lowest BCUT2D eigenvalue weighted by Crippen LogP contribution is -2.11. The van der Waals surface area contributed by atoms with Crippen molar-refractivity contribution in [3.8, 4) is 0 Å². The summed E-state index contributed by atoms with van der Waals surface area (Å²) >= 11 is 1.75. The van der Waals surface area contributed by atoms with Gasteiger partial charge in [-0.3, -0.25) is 0 Å². The molecule has 1 aromatic heterocycles. The summed E-state index contributed by atoms with van der Waals surface area (Å²) in [6, 6.07) is 15.1. The molecule has 0 bridgehead atoms. The minimum absolute atomic E-state index is 0.887. The van der Waals surface area contributed by atoms with Gasteiger partial charge in [-0.05, 0) is 29.3 Å². The molecule has 3 rings (SSSR count). The Morgan fingerprint density at radius 3 is 2.68 bits per heavy atom. The minimum Gasteiger partial charge on any atom is -0.308 e. The van der Waals surface area contributed by atoms with Crippen LogP contribution in [0.4, 0.5) is 0 Å². The number of hydrogen-bond donors (Lipinski definition) is 1. The van der Waals surface area contributed by atoms with Crippen LogP contribution in [0.2, 0.25) is 0 Å². The average Bonchev–Trinajstić information content (AvgIpc) is 2.84. The molecule has 0 unspecified atom stereocenters. The largest absolute Gasteiger partial charge is 0.308 e. The molecule has 0 radical (unpaired) electrons. The molecule has 0 aliphatic rings. The summed E-state index contributed by atoms with van der Waals surface area (Å²) in [5.74, 6) is 0. The monoisotopic (exact) mass is 268 g/mol. The lowest BCUT2D eigenvalue weighted by molar-refractivity contribution is 0.700. The molecule has 0 saturated carbocycles.